The van der Waals surface area contributed by atoms with Crippen LogP contribution in [0.15, 0.2) is 28.7 Å². The Hall–Kier alpha value is -1.95. The summed E-state index contributed by atoms with van der Waals surface area (Å²) in [7, 11) is 0. The van der Waals surface area contributed by atoms with Crippen LogP contribution in [0.2, 0.25) is 0 Å². The van der Waals surface area contributed by atoms with Crippen LogP contribution in [0.3, 0.4) is 0 Å². The molecule has 0 saturated heterocycles. The fraction of sp³-hybridized carbons (Fsp3) is 0.312. The molecule has 116 valence electrons. The zero-order valence-corrected chi connectivity index (χ0v) is 14.5. The van der Waals surface area contributed by atoms with Gasteiger partial charge in [0.25, 0.3) is 5.91 Å². The van der Waals surface area contributed by atoms with Gasteiger partial charge in [-0.05, 0) is 60.0 Å². The van der Waals surface area contributed by atoms with Crippen molar-refractivity contribution in [1.82, 2.24) is 15.3 Å². The number of anilines is 2. The first-order valence-electron chi connectivity index (χ1n) is 7.16. The highest BCUT2D eigenvalue weighted by molar-refractivity contribution is 9.10. The van der Waals surface area contributed by atoms with Crippen LogP contribution in [0.1, 0.15) is 35.1 Å². The smallest absolute Gasteiger partial charge is 0.270 e. The van der Waals surface area contributed by atoms with Crippen LogP contribution in [-0.4, -0.2) is 22.4 Å². The highest BCUT2D eigenvalue weighted by atomic mass is 79.9. The van der Waals surface area contributed by atoms with Gasteiger partial charge in [0.1, 0.15) is 5.69 Å². The number of halogens is 1. The van der Waals surface area contributed by atoms with Crippen LogP contribution < -0.4 is 10.6 Å². The molecular weight excluding hydrogens is 344 g/mol. The lowest BCUT2D eigenvalue weighted by Gasteiger charge is -2.10. The zero-order chi connectivity index (χ0) is 16.1. The number of rotatable bonds is 5. The maximum Gasteiger partial charge on any atom is 0.270 e. The molecule has 0 spiro atoms. The van der Waals surface area contributed by atoms with Gasteiger partial charge in [-0.3, -0.25) is 4.79 Å². The summed E-state index contributed by atoms with van der Waals surface area (Å²) < 4.78 is 0.926. The number of benzene rings is 1. The third kappa shape index (κ3) is 4.27. The van der Waals surface area contributed by atoms with Crippen LogP contribution in [0.25, 0.3) is 0 Å². The molecule has 0 fully saturated rings. The second-order valence-corrected chi connectivity index (χ2v) is 5.94. The standard InChI is InChI=1S/C16H19BrN4O/c1-4-7-18-15(22)14-9-11(3)19-16(21-14)20-13-6-5-10(2)8-12(13)17/h5-6,8-9H,4,7H2,1-3H3,(H,18,22)(H,19,20,21). The monoisotopic (exact) mass is 362 g/mol. The zero-order valence-electron chi connectivity index (χ0n) is 12.9. The van der Waals surface area contributed by atoms with Gasteiger partial charge in [-0.2, -0.15) is 0 Å². The molecule has 0 aliphatic carbocycles. The molecule has 22 heavy (non-hydrogen) atoms. The third-order valence-corrected chi connectivity index (χ3v) is 3.65. The second kappa shape index (κ2) is 7.35. The molecule has 1 aromatic heterocycles. The Morgan fingerprint density at radius 1 is 1.23 bits per heavy atom. The van der Waals surface area contributed by atoms with Crippen LogP contribution in [0.4, 0.5) is 11.6 Å². The van der Waals surface area contributed by atoms with Gasteiger partial charge in [0.05, 0.1) is 5.69 Å². The van der Waals surface area contributed by atoms with E-state index >= 15 is 0 Å². The first-order chi connectivity index (χ1) is 10.5. The molecule has 1 amide bonds. The molecule has 0 unspecified atom stereocenters. The maximum atomic E-state index is 12.0. The van der Waals surface area contributed by atoms with Crippen molar-refractivity contribution in [1.29, 1.82) is 0 Å². The summed E-state index contributed by atoms with van der Waals surface area (Å²) >= 11 is 3.51. The van der Waals surface area contributed by atoms with Crippen molar-refractivity contribution in [2.24, 2.45) is 0 Å². The number of nitrogens with zero attached hydrogens (tertiary/aromatic N) is 2. The SMILES string of the molecule is CCCNC(=O)c1cc(C)nc(Nc2ccc(C)cc2Br)n1. The highest BCUT2D eigenvalue weighted by Crippen LogP contribution is 2.25. The predicted molar refractivity (Wildman–Crippen MR) is 91.6 cm³/mol. The average molecular weight is 363 g/mol. The Labute approximate surface area is 138 Å². The summed E-state index contributed by atoms with van der Waals surface area (Å²) in [4.78, 5) is 20.7. The van der Waals surface area contributed by atoms with E-state index in [0.29, 0.717) is 18.2 Å². The summed E-state index contributed by atoms with van der Waals surface area (Å²) in [5, 5.41) is 5.96. The number of hydrogen-bond acceptors (Lipinski definition) is 4. The Morgan fingerprint density at radius 2 is 2.00 bits per heavy atom. The maximum absolute atomic E-state index is 12.0. The van der Waals surface area contributed by atoms with E-state index in [-0.39, 0.29) is 5.91 Å². The second-order valence-electron chi connectivity index (χ2n) is 5.08. The molecule has 1 heterocycles. The largest absolute Gasteiger partial charge is 0.351 e. The Bertz CT molecular complexity index is 688. The first-order valence-corrected chi connectivity index (χ1v) is 7.96. The normalized spacial score (nSPS) is 10.4. The van der Waals surface area contributed by atoms with Crippen molar-refractivity contribution in [3.8, 4) is 0 Å². The molecule has 0 radical (unpaired) electrons. The van der Waals surface area contributed by atoms with Crippen molar-refractivity contribution < 1.29 is 4.79 Å². The molecule has 0 aliphatic heterocycles. The molecule has 0 atom stereocenters. The predicted octanol–water partition coefficient (Wildman–Crippen LogP) is 3.74. The number of aromatic nitrogens is 2. The van der Waals surface area contributed by atoms with Crippen LogP contribution in [-0.2, 0) is 0 Å². The molecule has 1 aromatic carbocycles. The van der Waals surface area contributed by atoms with Crippen molar-refractivity contribution in [2.45, 2.75) is 27.2 Å². The van der Waals surface area contributed by atoms with E-state index in [1.807, 2.05) is 39.0 Å². The Kier molecular flexibility index (Phi) is 5.49. The van der Waals surface area contributed by atoms with Gasteiger partial charge >= 0.3 is 0 Å². The van der Waals surface area contributed by atoms with E-state index in [2.05, 4.69) is 36.5 Å². The van der Waals surface area contributed by atoms with E-state index in [0.717, 1.165) is 27.8 Å². The summed E-state index contributed by atoms with van der Waals surface area (Å²) in [5.41, 5.74) is 3.12. The fourth-order valence-corrected chi connectivity index (χ4v) is 2.50. The molecule has 0 bridgehead atoms. The molecule has 5 nitrogen and oxygen atoms in total. The Balaban J connectivity index is 2.24. The van der Waals surface area contributed by atoms with Gasteiger partial charge in [0.15, 0.2) is 0 Å². The minimum atomic E-state index is -0.182. The lowest BCUT2D eigenvalue weighted by Crippen LogP contribution is -2.25. The number of amides is 1. The summed E-state index contributed by atoms with van der Waals surface area (Å²) in [5.74, 6) is 0.226. The third-order valence-electron chi connectivity index (χ3n) is 2.99. The number of hydrogen-bond donors (Lipinski definition) is 2. The number of nitrogens with one attached hydrogen (secondary N) is 2. The number of carbonyl (C=O) groups is 1. The topological polar surface area (TPSA) is 66.9 Å². The summed E-state index contributed by atoms with van der Waals surface area (Å²) in [6.07, 6.45) is 0.886. The number of carbonyl (C=O) groups excluding carboxylic acids is 1. The fourth-order valence-electron chi connectivity index (χ4n) is 1.91. The minimum absolute atomic E-state index is 0.182. The van der Waals surface area contributed by atoms with Crippen LogP contribution >= 0.6 is 15.9 Å². The van der Waals surface area contributed by atoms with Crippen molar-refractivity contribution in [2.75, 3.05) is 11.9 Å². The van der Waals surface area contributed by atoms with E-state index in [1.54, 1.807) is 6.07 Å². The van der Waals surface area contributed by atoms with Crippen molar-refractivity contribution in [3.05, 3.63) is 45.7 Å². The van der Waals surface area contributed by atoms with Gasteiger partial charge in [-0.15, -0.1) is 0 Å². The lowest BCUT2D eigenvalue weighted by atomic mass is 10.2. The molecule has 6 heteroatoms. The van der Waals surface area contributed by atoms with Crippen molar-refractivity contribution >= 4 is 33.5 Å². The summed E-state index contributed by atoms with van der Waals surface area (Å²) in [6.45, 7) is 6.50. The van der Waals surface area contributed by atoms with Gasteiger partial charge in [0, 0.05) is 16.7 Å². The molecule has 0 saturated carbocycles. The van der Waals surface area contributed by atoms with Gasteiger partial charge in [-0.1, -0.05) is 13.0 Å². The molecular formula is C16H19BrN4O. The average Bonchev–Trinajstić information content (AvgIpc) is 2.47. The van der Waals surface area contributed by atoms with Crippen LogP contribution in [0, 0.1) is 13.8 Å². The molecule has 2 rings (SSSR count). The highest BCUT2D eigenvalue weighted by Gasteiger charge is 2.11. The first kappa shape index (κ1) is 16.4. The Morgan fingerprint density at radius 3 is 2.68 bits per heavy atom. The van der Waals surface area contributed by atoms with Gasteiger partial charge in [-0.25, -0.2) is 9.97 Å². The minimum Gasteiger partial charge on any atom is -0.351 e. The molecule has 0 aliphatic rings. The number of aryl methyl sites for hydroxylation is 2. The van der Waals surface area contributed by atoms with E-state index < -0.39 is 0 Å². The van der Waals surface area contributed by atoms with Gasteiger partial charge < -0.3 is 10.6 Å². The van der Waals surface area contributed by atoms with E-state index in [9.17, 15) is 4.79 Å². The van der Waals surface area contributed by atoms with Gasteiger partial charge in [0.2, 0.25) is 5.95 Å². The van der Waals surface area contributed by atoms with Crippen LogP contribution in [0.5, 0.6) is 0 Å². The van der Waals surface area contributed by atoms with E-state index in [4.69, 9.17) is 0 Å². The quantitative estimate of drug-likeness (QED) is 0.849. The van der Waals surface area contributed by atoms with E-state index in [1.165, 1.54) is 0 Å². The lowest BCUT2D eigenvalue weighted by molar-refractivity contribution is 0.0948. The van der Waals surface area contributed by atoms with Crippen molar-refractivity contribution in [3.63, 3.8) is 0 Å². The summed E-state index contributed by atoms with van der Waals surface area (Å²) in [6, 6.07) is 7.63. The molecule has 2 N–H and O–H groups in total. The molecule has 2 aromatic rings.